The molecule has 29 heavy (non-hydrogen) atoms. The second kappa shape index (κ2) is 8.61. The molecule has 4 rings (SSSR count). The van der Waals surface area contributed by atoms with Crippen molar-refractivity contribution in [1.82, 2.24) is 5.01 Å². The lowest BCUT2D eigenvalue weighted by atomic mass is 9.98. The number of hydrogen-bond acceptors (Lipinski definition) is 4. The van der Waals surface area contributed by atoms with E-state index in [1.54, 1.807) is 12.1 Å². The summed E-state index contributed by atoms with van der Waals surface area (Å²) in [6.07, 6.45) is 0.674. The van der Waals surface area contributed by atoms with Gasteiger partial charge in [0.2, 0.25) is 0 Å². The van der Waals surface area contributed by atoms with E-state index < -0.39 is 0 Å². The maximum Gasteiger partial charge on any atom is 0.262 e. The lowest BCUT2D eigenvalue weighted by Gasteiger charge is -2.22. The minimum absolute atomic E-state index is 0.0689. The number of amides is 1. The summed E-state index contributed by atoms with van der Waals surface area (Å²) in [5.74, 6) is 0.722. The molecular weight excluding hydrogens is 362 g/mol. The largest absolute Gasteiger partial charge is 0.497 e. The van der Waals surface area contributed by atoms with Gasteiger partial charge in [-0.2, -0.15) is 5.10 Å². The summed E-state index contributed by atoms with van der Waals surface area (Å²) in [6, 6.07) is 27.4. The summed E-state index contributed by atoms with van der Waals surface area (Å²) in [5.41, 5.74) is 3.90. The summed E-state index contributed by atoms with van der Waals surface area (Å²) < 4.78 is 5.26. The van der Waals surface area contributed by atoms with E-state index in [4.69, 9.17) is 9.84 Å². The summed E-state index contributed by atoms with van der Waals surface area (Å²) in [5, 5.41) is 9.50. The Hall–Kier alpha value is -3.60. The average Bonchev–Trinajstić information content (AvgIpc) is 3.24. The number of ether oxygens (including phenoxy) is 1. The van der Waals surface area contributed by atoms with Gasteiger partial charge in [-0.25, -0.2) is 5.01 Å². The van der Waals surface area contributed by atoms with Gasteiger partial charge in [-0.1, -0.05) is 60.7 Å². The van der Waals surface area contributed by atoms with Crippen LogP contribution in [0.1, 0.15) is 23.6 Å². The molecular formula is C24H23N3O2. The molecule has 0 aliphatic carbocycles. The van der Waals surface area contributed by atoms with E-state index in [0.717, 1.165) is 28.3 Å². The molecule has 0 spiro atoms. The first kappa shape index (κ1) is 18.7. The maximum atomic E-state index is 13.0. The van der Waals surface area contributed by atoms with E-state index in [0.29, 0.717) is 6.42 Å². The van der Waals surface area contributed by atoms with Gasteiger partial charge in [-0.3, -0.25) is 4.79 Å². The molecule has 1 N–H and O–H groups in total. The monoisotopic (exact) mass is 385 g/mol. The third-order valence-corrected chi connectivity index (χ3v) is 4.99. The zero-order valence-electron chi connectivity index (χ0n) is 16.3. The lowest BCUT2D eigenvalue weighted by molar-refractivity contribution is -0.131. The molecule has 0 fully saturated rings. The van der Waals surface area contributed by atoms with Crippen molar-refractivity contribution < 1.29 is 9.53 Å². The molecule has 5 heteroatoms. The predicted octanol–water partition coefficient (Wildman–Crippen LogP) is 4.49. The molecule has 1 heterocycles. The van der Waals surface area contributed by atoms with Crippen LogP contribution in [0.25, 0.3) is 0 Å². The van der Waals surface area contributed by atoms with E-state index in [2.05, 4.69) is 5.32 Å². The Bertz CT molecular complexity index is 986. The van der Waals surface area contributed by atoms with Crippen LogP contribution in [-0.4, -0.2) is 30.3 Å². The van der Waals surface area contributed by atoms with Gasteiger partial charge in [0, 0.05) is 12.1 Å². The van der Waals surface area contributed by atoms with Gasteiger partial charge in [0.15, 0.2) is 0 Å². The van der Waals surface area contributed by atoms with Gasteiger partial charge in [0.1, 0.15) is 5.75 Å². The number of anilines is 1. The van der Waals surface area contributed by atoms with Gasteiger partial charge in [0.05, 0.1) is 25.4 Å². The summed E-state index contributed by atoms with van der Waals surface area (Å²) >= 11 is 0. The van der Waals surface area contributed by atoms with Crippen molar-refractivity contribution in [1.29, 1.82) is 0 Å². The Kier molecular flexibility index (Phi) is 5.56. The molecule has 0 aromatic heterocycles. The van der Waals surface area contributed by atoms with Crippen LogP contribution in [0.2, 0.25) is 0 Å². The summed E-state index contributed by atoms with van der Waals surface area (Å²) in [6.45, 7) is 0.183. The molecule has 0 saturated carbocycles. The molecule has 1 aliphatic rings. The highest BCUT2D eigenvalue weighted by Gasteiger charge is 2.32. The van der Waals surface area contributed by atoms with Crippen LogP contribution in [-0.2, 0) is 4.79 Å². The number of benzene rings is 3. The number of nitrogens with one attached hydrogen (secondary N) is 1. The van der Waals surface area contributed by atoms with Crippen molar-refractivity contribution in [3.63, 3.8) is 0 Å². The van der Waals surface area contributed by atoms with Gasteiger partial charge >= 0.3 is 0 Å². The van der Waals surface area contributed by atoms with Crippen LogP contribution >= 0.6 is 0 Å². The van der Waals surface area contributed by atoms with E-state index in [1.807, 2.05) is 84.9 Å². The van der Waals surface area contributed by atoms with Crippen LogP contribution in [0, 0.1) is 0 Å². The van der Waals surface area contributed by atoms with Gasteiger partial charge in [0.25, 0.3) is 5.91 Å². The minimum atomic E-state index is -0.138. The van der Waals surface area contributed by atoms with Crippen molar-refractivity contribution in [2.45, 2.75) is 12.5 Å². The van der Waals surface area contributed by atoms with Crippen molar-refractivity contribution in [2.75, 3.05) is 19.0 Å². The SMILES string of the molecule is COc1ccc(C2CC(c3ccccc3)=NN2C(=O)CNc2ccccc2)cc1. The fraction of sp³-hybridized carbons (Fsp3) is 0.167. The smallest absolute Gasteiger partial charge is 0.262 e. The first-order chi connectivity index (χ1) is 14.2. The molecule has 5 nitrogen and oxygen atoms in total. The number of carbonyl (C=O) groups excluding carboxylic acids is 1. The second-order valence-electron chi connectivity index (χ2n) is 6.86. The fourth-order valence-corrected chi connectivity index (χ4v) is 3.45. The zero-order chi connectivity index (χ0) is 20.1. The van der Waals surface area contributed by atoms with E-state index in [-0.39, 0.29) is 18.5 Å². The summed E-state index contributed by atoms with van der Waals surface area (Å²) in [7, 11) is 1.65. The molecule has 1 aliphatic heterocycles. The topological polar surface area (TPSA) is 53.9 Å². The highest BCUT2D eigenvalue weighted by molar-refractivity contribution is 6.03. The zero-order valence-corrected chi connectivity index (χ0v) is 16.3. The molecule has 0 bridgehead atoms. The molecule has 1 unspecified atom stereocenters. The van der Waals surface area contributed by atoms with Crippen LogP contribution in [0.15, 0.2) is 90.0 Å². The van der Waals surface area contributed by atoms with Crippen molar-refractivity contribution in [3.05, 3.63) is 96.1 Å². The molecule has 1 amide bonds. The molecule has 3 aromatic carbocycles. The number of rotatable bonds is 6. The van der Waals surface area contributed by atoms with Crippen LogP contribution in [0.5, 0.6) is 5.75 Å². The van der Waals surface area contributed by atoms with Gasteiger partial charge in [-0.15, -0.1) is 0 Å². The van der Waals surface area contributed by atoms with E-state index in [9.17, 15) is 4.79 Å². The van der Waals surface area contributed by atoms with E-state index in [1.165, 1.54) is 0 Å². The molecule has 0 radical (unpaired) electrons. The number of carbonyl (C=O) groups is 1. The minimum Gasteiger partial charge on any atom is -0.497 e. The number of methoxy groups -OCH3 is 1. The van der Waals surface area contributed by atoms with Crippen LogP contribution < -0.4 is 10.1 Å². The Morgan fingerprint density at radius 3 is 2.31 bits per heavy atom. The van der Waals surface area contributed by atoms with Gasteiger partial charge in [-0.05, 0) is 35.4 Å². The second-order valence-corrected chi connectivity index (χ2v) is 6.86. The molecule has 1 atom stereocenters. The number of para-hydroxylation sites is 1. The Balaban J connectivity index is 1.57. The standard InChI is InChI=1S/C24H23N3O2/c1-29-21-14-12-19(13-15-21)23-16-22(18-8-4-2-5-9-18)26-27(23)24(28)17-25-20-10-6-3-7-11-20/h2-15,23,25H,16-17H2,1H3. The number of hydrogen-bond donors (Lipinski definition) is 1. The highest BCUT2D eigenvalue weighted by atomic mass is 16.5. The van der Waals surface area contributed by atoms with Crippen molar-refractivity contribution in [2.24, 2.45) is 5.10 Å². The average molecular weight is 385 g/mol. The Morgan fingerprint density at radius 2 is 1.66 bits per heavy atom. The quantitative estimate of drug-likeness (QED) is 0.680. The lowest BCUT2D eigenvalue weighted by Crippen LogP contribution is -2.32. The first-order valence-corrected chi connectivity index (χ1v) is 9.62. The summed E-state index contributed by atoms with van der Waals surface area (Å²) in [4.78, 5) is 13.0. The highest BCUT2D eigenvalue weighted by Crippen LogP contribution is 2.33. The maximum absolute atomic E-state index is 13.0. The predicted molar refractivity (Wildman–Crippen MR) is 115 cm³/mol. The van der Waals surface area contributed by atoms with Crippen molar-refractivity contribution in [3.8, 4) is 5.75 Å². The number of hydrazone groups is 1. The normalized spacial score (nSPS) is 15.7. The van der Waals surface area contributed by atoms with Crippen LogP contribution in [0.4, 0.5) is 5.69 Å². The Labute approximate surface area is 170 Å². The van der Waals surface area contributed by atoms with Crippen molar-refractivity contribution >= 4 is 17.3 Å². The van der Waals surface area contributed by atoms with Gasteiger partial charge < -0.3 is 10.1 Å². The van der Waals surface area contributed by atoms with Crippen LogP contribution in [0.3, 0.4) is 0 Å². The van der Waals surface area contributed by atoms with E-state index >= 15 is 0 Å². The molecule has 146 valence electrons. The first-order valence-electron chi connectivity index (χ1n) is 9.62. The fourth-order valence-electron chi connectivity index (χ4n) is 3.45. The molecule has 3 aromatic rings. The molecule has 0 saturated heterocycles. The number of nitrogens with zero attached hydrogens (tertiary/aromatic N) is 2. The Morgan fingerprint density at radius 1 is 1.00 bits per heavy atom. The third-order valence-electron chi connectivity index (χ3n) is 4.99. The third kappa shape index (κ3) is 4.29.